The van der Waals surface area contributed by atoms with Gasteiger partial charge in [0.05, 0.1) is 30.8 Å². The SMILES string of the molecule is COc1ccc(S(=O)(=O)N2C[C@H](C(=O)NCCOc3ccc(C)c(C)c3)Oc3ccc(Cl)cc32)cc1. The molecule has 0 saturated carbocycles. The van der Waals surface area contributed by atoms with Gasteiger partial charge in [0.1, 0.15) is 23.9 Å². The summed E-state index contributed by atoms with van der Waals surface area (Å²) in [5.41, 5.74) is 2.55. The fourth-order valence-corrected chi connectivity index (χ4v) is 5.36. The molecule has 1 aliphatic rings. The second-order valence-electron chi connectivity index (χ2n) is 8.32. The quantitative estimate of drug-likeness (QED) is 0.440. The van der Waals surface area contributed by atoms with E-state index in [4.69, 9.17) is 25.8 Å². The van der Waals surface area contributed by atoms with E-state index in [9.17, 15) is 13.2 Å². The van der Waals surface area contributed by atoms with Crippen LogP contribution in [0.3, 0.4) is 0 Å². The summed E-state index contributed by atoms with van der Waals surface area (Å²) in [5.74, 6) is 1.03. The second-order valence-corrected chi connectivity index (χ2v) is 10.6. The summed E-state index contributed by atoms with van der Waals surface area (Å²) in [4.78, 5) is 13.0. The van der Waals surface area contributed by atoms with Gasteiger partial charge in [0, 0.05) is 5.02 Å². The molecule has 3 aromatic rings. The lowest BCUT2D eigenvalue weighted by atomic mass is 10.1. The number of carbonyl (C=O) groups excluding carboxylic acids is 1. The maximum atomic E-state index is 13.5. The molecule has 190 valence electrons. The smallest absolute Gasteiger partial charge is 0.264 e. The van der Waals surface area contributed by atoms with Crippen LogP contribution in [0, 0.1) is 13.8 Å². The topological polar surface area (TPSA) is 94.2 Å². The van der Waals surface area contributed by atoms with Crippen molar-refractivity contribution in [1.82, 2.24) is 5.32 Å². The molecule has 0 unspecified atom stereocenters. The number of fused-ring (bicyclic) bond motifs is 1. The van der Waals surface area contributed by atoms with Crippen LogP contribution in [0.5, 0.6) is 17.2 Å². The number of ether oxygens (including phenoxy) is 3. The average molecular weight is 531 g/mol. The van der Waals surface area contributed by atoms with Crippen LogP contribution in [0.4, 0.5) is 5.69 Å². The highest BCUT2D eigenvalue weighted by Crippen LogP contribution is 2.39. The number of sulfonamides is 1. The first-order chi connectivity index (χ1) is 17.2. The van der Waals surface area contributed by atoms with Crippen molar-refractivity contribution in [2.24, 2.45) is 0 Å². The minimum Gasteiger partial charge on any atom is -0.497 e. The van der Waals surface area contributed by atoms with Crippen LogP contribution in [0.2, 0.25) is 5.02 Å². The zero-order valence-electron chi connectivity index (χ0n) is 20.2. The summed E-state index contributed by atoms with van der Waals surface area (Å²) in [6.45, 7) is 4.28. The van der Waals surface area contributed by atoms with Gasteiger partial charge in [-0.2, -0.15) is 0 Å². The maximum absolute atomic E-state index is 13.5. The number of nitrogens with zero attached hydrogens (tertiary/aromatic N) is 1. The first kappa shape index (κ1) is 25.7. The number of amides is 1. The van der Waals surface area contributed by atoms with Crippen LogP contribution in [-0.2, 0) is 14.8 Å². The minimum atomic E-state index is -4.02. The summed E-state index contributed by atoms with van der Waals surface area (Å²) in [6.07, 6.45) is -1.06. The summed E-state index contributed by atoms with van der Waals surface area (Å²) < 4.78 is 44.9. The van der Waals surface area contributed by atoms with E-state index >= 15 is 0 Å². The van der Waals surface area contributed by atoms with Gasteiger partial charge >= 0.3 is 0 Å². The second kappa shape index (κ2) is 10.7. The van der Waals surface area contributed by atoms with E-state index in [1.54, 1.807) is 24.3 Å². The lowest BCUT2D eigenvalue weighted by Gasteiger charge is -2.34. The van der Waals surface area contributed by atoms with Crippen LogP contribution in [0.1, 0.15) is 11.1 Å². The van der Waals surface area contributed by atoms with Gasteiger partial charge in [-0.15, -0.1) is 0 Å². The Bertz CT molecular complexity index is 1360. The zero-order chi connectivity index (χ0) is 25.9. The van der Waals surface area contributed by atoms with Crippen molar-refractivity contribution in [2.45, 2.75) is 24.8 Å². The molecule has 1 atom stereocenters. The van der Waals surface area contributed by atoms with Crippen molar-refractivity contribution < 1.29 is 27.4 Å². The number of halogens is 1. The molecule has 0 spiro atoms. The molecule has 4 rings (SSSR count). The molecule has 0 aromatic heterocycles. The molecule has 8 nitrogen and oxygen atoms in total. The molecule has 3 aromatic carbocycles. The van der Waals surface area contributed by atoms with Gasteiger partial charge in [-0.1, -0.05) is 17.7 Å². The number of hydrogen-bond donors (Lipinski definition) is 1. The van der Waals surface area contributed by atoms with Crippen LogP contribution in [0.25, 0.3) is 0 Å². The van der Waals surface area contributed by atoms with Crippen LogP contribution < -0.4 is 23.8 Å². The molecule has 0 radical (unpaired) electrons. The van der Waals surface area contributed by atoms with Crippen LogP contribution >= 0.6 is 11.6 Å². The van der Waals surface area contributed by atoms with Crippen molar-refractivity contribution in [2.75, 3.05) is 31.1 Å². The van der Waals surface area contributed by atoms with Gasteiger partial charge < -0.3 is 19.5 Å². The van der Waals surface area contributed by atoms with E-state index in [0.717, 1.165) is 9.87 Å². The normalized spacial score (nSPS) is 15.0. The highest BCUT2D eigenvalue weighted by molar-refractivity contribution is 7.92. The molecule has 1 aliphatic heterocycles. The monoisotopic (exact) mass is 530 g/mol. The molecule has 0 bridgehead atoms. The molecule has 0 aliphatic carbocycles. The predicted molar refractivity (Wildman–Crippen MR) is 138 cm³/mol. The summed E-state index contributed by atoms with van der Waals surface area (Å²) in [5, 5.41) is 3.11. The molecule has 0 fully saturated rings. The van der Waals surface area contributed by atoms with E-state index in [-0.39, 0.29) is 36.0 Å². The Morgan fingerprint density at radius 2 is 1.78 bits per heavy atom. The molecule has 36 heavy (non-hydrogen) atoms. The summed E-state index contributed by atoms with van der Waals surface area (Å²) in [6, 6.07) is 16.4. The molecular formula is C26H27ClN2O6S. The van der Waals surface area contributed by atoms with Gasteiger partial charge in [0.25, 0.3) is 15.9 Å². The van der Waals surface area contributed by atoms with Crippen molar-refractivity contribution in [3.63, 3.8) is 0 Å². The standard InChI is InChI=1S/C26H27ClN2O6S/c1-17-4-6-21(14-18(17)2)34-13-12-28-26(30)25-16-29(23-15-19(27)5-11-24(23)35-25)36(31,32)22-9-7-20(33-3)8-10-22/h4-11,14-15,25H,12-13,16H2,1-3H3,(H,28,30)/t25-/m1/s1. The van der Waals surface area contributed by atoms with Gasteiger partial charge in [-0.25, -0.2) is 8.42 Å². The molecule has 0 saturated heterocycles. The number of benzene rings is 3. The Hall–Kier alpha value is -3.43. The van der Waals surface area contributed by atoms with Crippen LogP contribution in [0.15, 0.2) is 65.6 Å². The Kier molecular flexibility index (Phi) is 7.61. The third kappa shape index (κ3) is 5.52. The van der Waals surface area contributed by atoms with E-state index in [1.807, 2.05) is 32.0 Å². The number of hydrogen-bond acceptors (Lipinski definition) is 6. The Balaban J connectivity index is 1.48. The van der Waals surface area contributed by atoms with E-state index in [2.05, 4.69) is 5.32 Å². The number of carbonyl (C=O) groups is 1. The highest BCUT2D eigenvalue weighted by atomic mass is 35.5. The number of nitrogens with one attached hydrogen (secondary N) is 1. The van der Waals surface area contributed by atoms with Crippen molar-refractivity contribution >= 4 is 33.2 Å². The fourth-order valence-electron chi connectivity index (χ4n) is 3.72. The first-order valence-electron chi connectivity index (χ1n) is 11.3. The number of rotatable bonds is 8. The Labute approximate surface area is 215 Å². The minimum absolute atomic E-state index is 0.0528. The predicted octanol–water partition coefficient (Wildman–Crippen LogP) is 4.12. The van der Waals surface area contributed by atoms with Gasteiger partial charge in [-0.3, -0.25) is 9.10 Å². The fraction of sp³-hybridized carbons (Fsp3) is 0.269. The average Bonchev–Trinajstić information content (AvgIpc) is 2.87. The summed E-state index contributed by atoms with van der Waals surface area (Å²) in [7, 11) is -2.52. The molecule has 1 N–H and O–H groups in total. The molecular weight excluding hydrogens is 504 g/mol. The van der Waals surface area contributed by atoms with E-state index in [1.165, 1.54) is 30.9 Å². The maximum Gasteiger partial charge on any atom is 0.264 e. The highest BCUT2D eigenvalue weighted by Gasteiger charge is 2.37. The third-order valence-corrected chi connectivity index (χ3v) is 7.91. The van der Waals surface area contributed by atoms with Gasteiger partial charge in [0.2, 0.25) is 0 Å². The lowest BCUT2D eigenvalue weighted by Crippen LogP contribution is -2.51. The molecule has 10 heteroatoms. The number of methoxy groups -OCH3 is 1. The van der Waals surface area contributed by atoms with Crippen LogP contribution in [-0.4, -0.2) is 47.2 Å². The first-order valence-corrected chi connectivity index (χ1v) is 13.1. The van der Waals surface area contributed by atoms with Crippen molar-refractivity contribution in [3.05, 3.63) is 76.8 Å². The number of aryl methyl sites for hydroxylation is 2. The van der Waals surface area contributed by atoms with E-state index in [0.29, 0.717) is 16.5 Å². The largest absolute Gasteiger partial charge is 0.497 e. The van der Waals surface area contributed by atoms with Crippen molar-refractivity contribution in [3.8, 4) is 17.2 Å². The van der Waals surface area contributed by atoms with E-state index < -0.39 is 22.0 Å². The third-order valence-electron chi connectivity index (χ3n) is 5.88. The molecule has 1 amide bonds. The van der Waals surface area contributed by atoms with Gasteiger partial charge in [-0.05, 0) is 79.6 Å². The Morgan fingerprint density at radius 3 is 2.47 bits per heavy atom. The Morgan fingerprint density at radius 1 is 1.06 bits per heavy atom. The number of anilines is 1. The summed E-state index contributed by atoms with van der Waals surface area (Å²) >= 11 is 6.14. The van der Waals surface area contributed by atoms with Gasteiger partial charge in [0.15, 0.2) is 6.10 Å². The zero-order valence-corrected chi connectivity index (χ0v) is 21.7. The molecule has 1 heterocycles. The lowest BCUT2D eigenvalue weighted by molar-refractivity contribution is -0.127. The van der Waals surface area contributed by atoms with Crippen molar-refractivity contribution in [1.29, 1.82) is 0 Å².